The summed E-state index contributed by atoms with van der Waals surface area (Å²) in [5.41, 5.74) is -14.1. The Balaban J connectivity index is 1.87. The van der Waals surface area contributed by atoms with Gasteiger partial charge in [0.1, 0.15) is 12.3 Å². The number of amides is 1. The second-order valence-electron chi connectivity index (χ2n) is 9.16. The highest BCUT2D eigenvalue weighted by Gasteiger charge is 2.30. The molecule has 248 valence electrons. The summed E-state index contributed by atoms with van der Waals surface area (Å²) >= 11 is -0.304. The van der Waals surface area contributed by atoms with Crippen LogP contribution >= 0.6 is 11.8 Å². The summed E-state index contributed by atoms with van der Waals surface area (Å²) < 4.78 is 291. The van der Waals surface area contributed by atoms with Crippen molar-refractivity contribution in [2.75, 3.05) is 26.1 Å². The molecule has 5 rings (SSSR count). The van der Waals surface area contributed by atoms with Gasteiger partial charge in [0.2, 0.25) is 5.91 Å². The molecule has 0 saturated carbocycles. The molecule has 0 N–H and O–H groups in total. The summed E-state index contributed by atoms with van der Waals surface area (Å²) in [5, 5.41) is -1.38. The first-order valence-electron chi connectivity index (χ1n) is 27.0. The van der Waals surface area contributed by atoms with Crippen molar-refractivity contribution in [2.45, 2.75) is 62.9 Å². The first-order valence-corrected chi connectivity index (χ1v) is 13.8. The summed E-state index contributed by atoms with van der Waals surface area (Å²) in [5.74, 6) is -3.17. The molecule has 11 heteroatoms. The highest BCUT2D eigenvalue weighted by molar-refractivity contribution is 7.98. The molecule has 1 amide bonds. The third kappa shape index (κ3) is 8.70. The molecule has 1 aliphatic carbocycles. The molecule has 1 aromatic heterocycles. The zero-order valence-corrected chi connectivity index (χ0v) is 24.3. The van der Waals surface area contributed by atoms with Crippen molar-refractivity contribution in [1.82, 2.24) is 19.4 Å². The Morgan fingerprint density at radius 1 is 1.00 bits per heavy atom. The summed E-state index contributed by atoms with van der Waals surface area (Å²) in [4.78, 5) is 32.0. The van der Waals surface area contributed by atoms with E-state index < -0.39 is 199 Å². The summed E-state index contributed by atoms with van der Waals surface area (Å²) in [6.45, 7) is -25.2. The lowest BCUT2D eigenvalue weighted by molar-refractivity contribution is -0.137. The van der Waals surface area contributed by atoms with Crippen LogP contribution in [0.25, 0.3) is 11.1 Å². The van der Waals surface area contributed by atoms with Gasteiger partial charge in [0.15, 0.2) is 5.16 Å². The number of halogens is 4. The quantitative estimate of drug-likeness (QED) is 0.0841. The molecule has 0 atom stereocenters. The van der Waals surface area contributed by atoms with E-state index in [9.17, 15) is 25.1 Å². The van der Waals surface area contributed by atoms with E-state index >= 15 is 4.79 Å². The lowest BCUT2D eigenvalue weighted by Crippen LogP contribution is -2.40. The minimum Gasteiger partial charge on any atom is -0.336 e. The van der Waals surface area contributed by atoms with Crippen LogP contribution in [0.15, 0.2) is 82.6 Å². The van der Waals surface area contributed by atoms with Crippen LogP contribution < -0.4 is 5.56 Å². The van der Waals surface area contributed by atoms with E-state index in [1.165, 1.54) is 0 Å². The Bertz CT molecular complexity index is 2930. The van der Waals surface area contributed by atoms with Gasteiger partial charge in [-0.3, -0.25) is 9.59 Å². The van der Waals surface area contributed by atoms with E-state index in [0.29, 0.717) is 0 Å². The number of alkyl halides is 3. The van der Waals surface area contributed by atoms with E-state index in [0.717, 1.165) is 24.3 Å². The number of rotatable bonds is 13. The summed E-state index contributed by atoms with van der Waals surface area (Å²) in [6, 6.07) is -8.73. The number of thioether (sulfide) groups is 1. The SMILES string of the molecule is [2H]c1c([2H])c(-c2c([2H])c([2H])c(C(F)(F)F)c([2H])c2[2H])c([2H])c([2H])c1CN(CCN(C([2H])([2H])C([2H])([2H])[2H])C([2H])([2H])C([2H])([2H])[2H])C(=O)C([2H])([2H])n1c(SC([2H])([2H])c2ccc(F)cc2)nc(=O)c2c1C([2H])([2H])C([2H])([2H])C2([2H])[2H]. The average molecular weight is 695 g/mol. The van der Waals surface area contributed by atoms with Crippen LogP contribution in [0.3, 0.4) is 0 Å². The van der Waals surface area contributed by atoms with Gasteiger partial charge >= 0.3 is 6.18 Å². The Kier molecular flexibility index (Phi) is 4.40. The van der Waals surface area contributed by atoms with E-state index in [4.69, 9.17) is 35.6 Å². The van der Waals surface area contributed by atoms with Crippen LogP contribution in [0.2, 0.25) is 0 Å². The van der Waals surface area contributed by atoms with Gasteiger partial charge in [0, 0.05) is 61.3 Å². The first-order chi connectivity index (χ1) is 33.5. The van der Waals surface area contributed by atoms with Crippen molar-refractivity contribution in [3.05, 3.63) is 117 Å². The molecule has 4 aromatic rings. The van der Waals surface area contributed by atoms with Gasteiger partial charge in [-0.2, -0.15) is 18.2 Å². The number of nitrogens with zero attached hydrogens (tertiary/aromatic N) is 4. The van der Waals surface area contributed by atoms with Gasteiger partial charge in [-0.25, -0.2) is 4.39 Å². The number of carbonyl (C=O) groups is 1. The monoisotopic (exact) mass is 694 g/mol. The maximum Gasteiger partial charge on any atom is 0.416 e. The number of hydrogen-bond acceptors (Lipinski definition) is 5. The van der Waals surface area contributed by atoms with Crippen LogP contribution in [0, 0.1) is 5.82 Å². The molecule has 0 aliphatic heterocycles. The normalized spacial score (nSPS) is 26.5. The number of hydrogen-bond donors (Lipinski definition) is 0. The zero-order chi connectivity index (χ0) is 58.1. The molecule has 47 heavy (non-hydrogen) atoms. The van der Waals surface area contributed by atoms with Crippen molar-refractivity contribution >= 4 is 17.7 Å². The second-order valence-corrected chi connectivity index (χ2v) is 9.93. The molecule has 3 aromatic carbocycles. The van der Waals surface area contributed by atoms with E-state index in [1.807, 2.05) is 0 Å². The maximum absolute atomic E-state index is 15.2. The van der Waals surface area contributed by atoms with Crippen LogP contribution in [0.4, 0.5) is 17.6 Å². The van der Waals surface area contributed by atoms with Gasteiger partial charge in [-0.1, -0.05) is 73.9 Å². The van der Waals surface area contributed by atoms with Crippen molar-refractivity contribution < 1.29 is 60.7 Å². The fourth-order valence-corrected chi connectivity index (χ4v) is 4.47. The van der Waals surface area contributed by atoms with Gasteiger partial charge in [0.25, 0.3) is 5.56 Å². The Hall–Kier alpha value is -3.96. The van der Waals surface area contributed by atoms with Crippen LogP contribution in [0.1, 0.15) is 86.4 Å². The molecule has 0 fully saturated rings. The van der Waals surface area contributed by atoms with Crippen molar-refractivity contribution in [1.29, 1.82) is 0 Å². The molecule has 0 radical (unpaired) electrons. The lowest BCUT2D eigenvalue weighted by Gasteiger charge is -2.28. The Labute approximate surface area is 315 Å². The molecule has 0 bridgehead atoms. The fraction of sp³-hybridized carbons (Fsp3) is 0.361. The number of aromatic nitrogens is 2. The number of likely N-dealkylation sites (N-methyl/N-ethyl adjacent to an activating group) is 1. The molecule has 0 saturated heterocycles. The summed E-state index contributed by atoms with van der Waals surface area (Å²) in [6.07, 6.45) is -17.1. The predicted octanol–water partition coefficient (Wildman–Crippen LogP) is 7.22. The third-order valence-corrected chi connectivity index (χ3v) is 6.87. The standard InChI is InChI=1S/C36H38F4N4O2S/c1-3-42(4-2)20-21-43(22-25-8-12-27(13-9-25)28-14-16-29(17-15-28)36(38,39)40)33(45)23-44-32-7-5-6-31(32)34(46)41-35(44)47-24-26-10-18-30(37)19-11-26/h8-19H,3-7,20-24H2,1-2H3/i1D3,2D3,3D2,4D2,5D2,6D2,7D2,8D,9D,12D,13D,14D,15D,16D,17D,23D2,24D2. The predicted molar refractivity (Wildman–Crippen MR) is 177 cm³/mol. The van der Waals surface area contributed by atoms with Crippen LogP contribution in [-0.2, 0) is 42.5 Å². The van der Waals surface area contributed by atoms with Crippen molar-refractivity contribution in [3.8, 4) is 11.1 Å². The number of benzene rings is 3. The number of carbonyl (C=O) groups excluding carboxylic acids is 1. The highest BCUT2D eigenvalue weighted by atomic mass is 32.2. The molecule has 1 aliphatic rings. The molecule has 6 nitrogen and oxygen atoms in total. The molecule has 0 spiro atoms. The maximum atomic E-state index is 15.2. The van der Waals surface area contributed by atoms with Crippen molar-refractivity contribution in [2.24, 2.45) is 0 Å². The minimum atomic E-state index is -5.49. The first kappa shape index (κ1) is 13.5. The van der Waals surface area contributed by atoms with E-state index in [-0.39, 0.29) is 21.2 Å². The molecule has 0 unspecified atom stereocenters. The minimum absolute atomic E-state index is 0.00267. The Morgan fingerprint density at radius 3 is 2.30 bits per heavy atom. The highest BCUT2D eigenvalue weighted by Crippen LogP contribution is 2.31. The third-order valence-electron chi connectivity index (χ3n) is 6.08. The van der Waals surface area contributed by atoms with E-state index in [2.05, 4.69) is 4.98 Å². The van der Waals surface area contributed by atoms with Crippen molar-refractivity contribution in [3.63, 3.8) is 0 Å². The smallest absolute Gasteiger partial charge is 0.336 e. The van der Waals surface area contributed by atoms with Gasteiger partial charge in [-0.05, 0) is 78.6 Å². The average Bonchev–Trinajstić information content (AvgIpc) is 3.35. The molecular formula is C36H38F4N4O2S. The summed E-state index contributed by atoms with van der Waals surface area (Å²) in [7, 11) is 0. The zero-order valence-electron chi connectivity index (χ0n) is 51.5. The Morgan fingerprint density at radius 2 is 1.66 bits per heavy atom. The molecule has 1 heterocycles. The van der Waals surface area contributed by atoms with Gasteiger partial charge in [0.05, 0.1) is 19.3 Å². The molecular weight excluding hydrogens is 628 g/mol. The van der Waals surface area contributed by atoms with E-state index in [1.54, 1.807) is 0 Å². The topological polar surface area (TPSA) is 58.4 Å². The number of fused-ring (bicyclic) bond motifs is 1. The van der Waals surface area contributed by atoms with Crippen LogP contribution in [0.5, 0.6) is 0 Å². The largest absolute Gasteiger partial charge is 0.416 e. The van der Waals surface area contributed by atoms with Gasteiger partial charge < -0.3 is 14.4 Å². The fourth-order valence-electron chi connectivity index (χ4n) is 3.77. The lowest BCUT2D eigenvalue weighted by atomic mass is 10.0. The second kappa shape index (κ2) is 15.3. The van der Waals surface area contributed by atoms with Crippen LogP contribution in [-0.4, -0.2) is 51.3 Å². The van der Waals surface area contributed by atoms with Gasteiger partial charge in [-0.15, -0.1) is 0 Å².